The average Bonchev–Trinajstić information content (AvgIpc) is 2.90. The highest BCUT2D eigenvalue weighted by Crippen LogP contribution is 2.29. The first-order valence-electron chi connectivity index (χ1n) is 5.91. The average molecular weight is 282 g/mol. The lowest BCUT2D eigenvalue weighted by Crippen LogP contribution is -1.85. The van der Waals surface area contributed by atoms with Gasteiger partial charge >= 0.3 is 0 Å². The third kappa shape index (κ3) is 2.42. The van der Waals surface area contributed by atoms with Gasteiger partial charge < -0.3 is 9.47 Å². The molecule has 20 heavy (non-hydrogen) atoms. The predicted molar refractivity (Wildman–Crippen MR) is 77.4 cm³/mol. The summed E-state index contributed by atoms with van der Waals surface area (Å²) in [5.41, 5.74) is 0.814. The summed E-state index contributed by atoms with van der Waals surface area (Å²) in [7, 11) is 1.63. The molecule has 0 aliphatic carbocycles. The molecule has 0 aliphatic heterocycles. The molecule has 3 rings (SSSR count). The molecule has 0 aliphatic rings. The van der Waals surface area contributed by atoms with Crippen LogP contribution in [0, 0.1) is 11.3 Å². The molecule has 0 bridgehead atoms. The van der Waals surface area contributed by atoms with Crippen LogP contribution in [0.1, 0.15) is 5.01 Å². The Bertz CT molecular complexity index is 788. The second-order valence-corrected chi connectivity index (χ2v) is 5.07. The molecular formula is C15H10N2O2S. The summed E-state index contributed by atoms with van der Waals surface area (Å²) in [6.07, 6.45) is 0. The van der Waals surface area contributed by atoms with Crippen LogP contribution in [0.2, 0.25) is 0 Å². The molecule has 0 saturated heterocycles. The summed E-state index contributed by atoms with van der Waals surface area (Å²) in [5, 5.41) is 9.31. The summed E-state index contributed by atoms with van der Waals surface area (Å²) in [5.74, 6) is 2.24. The molecule has 2 aromatic carbocycles. The molecule has 0 unspecified atom stereocenters. The predicted octanol–water partition coefficient (Wildman–Crippen LogP) is 3.97. The molecule has 1 heterocycles. The molecule has 0 spiro atoms. The molecule has 1 aromatic heterocycles. The van der Waals surface area contributed by atoms with E-state index in [0.717, 1.165) is 27.5 Å². The van der Waals surface area contributed by atoms with Gasteiger partial charge in [-0.3, -0.25) is 0 Å². The maximum absolute atomic E-state index is 8.85. The number of ether oxygens (including phenoxy) is 2. The number of hydrogen-bond acceptors (Lipinski definition) is 5. The first kappa shape index (κ1) is 12.5. The fraction of sp³-hybridized carbons (Fsp3) is 0.0667. The minimum absolute atomic E-state index is 0.460. The van der Waals surface area contributed by atoms with Gasteiger partial charge in [0.05, 0.1) is 17.3 Å². The van der Waals surface area contributed by atoms with Crippen molar-refractivity contribution in [1.29, 1.82) is 5.26 Å². The van der Waals surface area contributed by atoms with Gasteiger partial charge in [-0.1, -0.05) is 0 Å². The summed E-state index contributed by atoms with van der Waals surface area (Å²) in [6, 6.07) is 15.0. The van der Waals surface area contributed by atoms with E-state index in [1.807, 2.05) is 42.5 Å². The lowest BCUT2D eigenvalue weighted by atomic mass is 10.3. The summed E-state index contributed by atoms with van der Waals surface area (Å²) >= 11 is 1.36. The van der Waals surface area contributed by atoms with E-state index in [9.17, 15) is 0 Å². The van der Waals surface area contributed by atoms with Gasteiger partial charge in [-0.15, -0.1) is 11.3 Å². The van der Waals surface area contributed by atoms with Crippen molar-refractivity contribution < 1.29 is 9.47 Å². The number of nitrogens with zero attached hydrogens (tertiary/aromatic N) is 2. The summed E-state index contributed by atoms with van der Waals surface area (Å²) < 4.78 is 11.8. The summed E-state index contributed by atoms with van der Waals surface area (Å²) in [6.45, 7) is 0. The van der Waals surface area contributed by atoms with Crippen molar-refractivity contribution in [2.75, 3.05) is 7.11 Å². The van der Waals surface area contributed by atoms with E-state index < -0.39 is 0 Å². The Morgan fingerprint density at radius 2 is 1.75 bits per heavy atom. The Labute approximate surface area is 119 Å². The highest BCUT2D eigenvalue weighted by atomic mass is 32.1. The van der Waals surface area contributed by atoms with E-state index >= 15 is 0 Å². The van der Waals surface area contributed by atoms with Crippen LogP contribution in [0.5, 0.6) is 17.2 Å². The SMILES string of the molecule is COc1ccc(Oc2ccc3nc(C#N)sc3c2)cc1. The number of rotatable bonds is 3. The normalized spacial score (nSPS) is 10.2. The zero-order valence-electron chi connectivity index (χ0n) is 10.7. The topological polar surface area (TPSA) is 55.1 Å². The van der Waals surface area contributed by atoms with Crippen molar-refractivity contribution in [1.82, 2.24) is 4.98 Å². The van der Waals surface area contributed by atoms with E-state index in [1.165, 1.54) is 11.3 Å². The number of hydrogen-bond donors (Lipinski definition) is 0. The van der Waals surface area contributed by atoms with E-state index in [4.69, 9.17) is 14.7 Å². The highest BCUT2D eigenvalue weighted by Gasteiger charge is 2.05. The minimum atomic E-state index is 0.460. The van der Waals surface area contributed by atoms with Gasteiger partial charge in [0.15, 0.2) is 5.01 Å². The van der Waals surface area contributed by atoms with Gasteiger partial charge in [0, 0.05) is 6.07 Å². The van der Waals surface area contributed by atoms with E-state index in [1.54, 1.807) is 7.11 Å². The van der Waals surface area contributed by atoms with Crippen molar-refractivity contribution in [3.05, 3.63) is 47.5 Å². The minimum Gasteiger partial charge on any atom is -0.497 e. The molecule has 3 aromatic rings. The Morgan fingerprint density at radius 1 is 1.05 bits per heavy atom. The molecule has 0 radical (unpaired) electrons. The van der Waals surface area contributed by atoms with E-state index in [2.05, 4.69) is 11.1 Å². The van der Waals surface area contributed by atoms with Crippen LogP contribution in [0.25, 0.3) is 10.2 Å². The standard InChI is InChI=1S/C15H10N2O2S/c1-18-10-2-4-11(5-3-10)19-12-6-7-13-14(8-12)20-15(9-16)17-13/h2-8H,1H3. The first-order valence-corrected chi connectivity index (χ1v) is 6.73. The quantitative estimate of drug-likeness (QED) is 0.729. The zero-order chi connectivity index (χ0) is 13.9. The molecule has 5 heteroatoms. The maximum Gasteiger partial charge on any atom is 0.195 e. The largest absolute Gasteiger partial charge is 0.497 e. The van der Waals surface area contributed by atoms with Gasteiger partial charge in [-0.05, 0) is 36.4 Å². The smallest absolute Gasteiger partial charge is 0.195 e. The molecule has 0 atom stereocenters. The van der Waals surface area contributed by atoms with Crippen LogP contribution in [0.4, 0.5) is 0 Å². The number of thiazole rings is 1. The molecule has 0 saturated carbocycles. The van der Waals surface area contributed by atoms with Crippen molar-refractivity contribution >= 4 is 21.6 Å². The number of nitriles is 1. The second kappa shape index (κ2) is 5.19. The lowest BCUT2D eigenvalue weighted by molar-refractivity contribution is 0.413. The molecule has 4 nitrogen and oxygen atoms in total. The van der Waals surface area contributed by atoms with Crippen LogP contribution in [0.3, 0.4) is 0 Å². The molecule has 0 N–H and O–H groups in total. The van der Waals surface area contributed by atoms with Crippen LogP contribution in [0.15, 0.2) is 42.5 Å². The highest BCUT2D eigenvalue weighted by molar-refractivity contribution is 7.19. The zero-order valence-corrected chi connectivity index (χ0v) is 11.5. The van der Waals surface area contributed by atoms with Crippen LogP contribution >= 0.6 is 11.3 Å². The second-order valence-electron chi connectivity index (χ2n) is 4.04. The monoisotopic (exact) mass is 282 g/mol. The number of methoxy groups -OCH3 is 1. The Balaban J connectivity index is 1.88. The molecule has 98 valence electrons. The first-order chi connectivity index (χ1) is 9.78. The molecule has 0 amide bonds. The summed E-state index contributed by atoms with van der Waals surface area (Å²) in [4.78, 5) is 4.19. The van der Waals surface area contributed by atoms with Gasteiger partial charge in [0.2, 0.25) is 0 Å². The van der Waals surface area contributed by atoms with Crippen molar-refractivity contribution in [2.45, 2.75) is 0 Å². The van der Waals surface area contributed by atoms with Crippen molar-refractivity contribution in [3.8, 4) is 23.3 Å². The van der Waals surface area contributed by atoms with Crippen molar-refractivity contribution in [3.63, 3.8) is 0 Å². The van der Waals surface area contributed by atoms with Gasteiger partial charge in [0.1, 0.15) is 23.3 Å². The van der Waals surface area contributed by atoms with E-state index in [-0.39, 0.29) is 0 Å². The molecular weight excluding hydrogens is 272 g/mol. The van der Waals surface area contributed by atoms with Crippen molar-refractivity contribution in [2.24, 2.45) is 0 Å². The van der Waals surface area contributed by atoms with Gasteiger partial charge in [0.25, 0.3) is 0 Å². The van der Waals surface area contributed by atoms with Crippen LogP contribution in [-0.4, -0.2) is 12.1 Å². The fourth-order valence-corrected chi connectivity index (χ4v) is 2.59. The van der Waals surface area contributed by atoms with E-state index in [0.29, 0.717) is 5.01 Å². The number of benzene rings is 2. The Morgan fingerprint density at radius 3 is 2.45 bits per heavy atom. The molecule has 0 fully saturated rings. The maximum atomic E-state index is 8.85. The lowest BCUT2D eigenvalue weighted by Gasteiger charge is -2.06. The van der Waals surface area contributed by atoms with Gasteiger partial charge in [-0.25, -0.2) is 4.98 Å². The van der Waals surface area contributed by atoms with Crippen LogP contribution in [-0.2, 0) is 0 Å². The number of fused-ring (bicyclic) bond motifs is 1. The number of aromatic nitrogens is 1. The van der Waals surface area contributed by atoms with Gasteiger partial charge in [-0.2, -0.15) is 5.26 Å². The Hall–Kier alpha value is -2.58. The fourth-order valence-electron chi connectivity index (χ4n) is 1.80. The third-order valence-electron chi connectivity index (χ3n) is 2.75. The Kier molecular flexibility index (Phi) is 3.23. The van der Waals surface area contributed by atoms with Crippen LogP contribution < -0.4 is 9.47 Å². The third-order valence-corrected chi connectivity index (χ3v) is 3.67.